The summed E-state index contributed by atoms with van der Waals surface area (Å²) < 4.78 is 24.6. The van der Waals surface area contributed by atoms with Crippen LogP contribution in [0.1, 0.15) is 22.2 Å². The van der Waals surface area contributed by atoms with Crippen LogP contribution in [0, 0.1) is 5.82 Å². The molecule has 0 aliphatic rings. The number of halogens is 1. The average molecular weight is 311 g/mol. The maximum atomic E-state index is 14.0. The third kappa shape index (κ3) is 3.03. The summed E-state index contributed by atoms with van der Waals surface area (Å²) in [5.74, 6) is -1.89. The summed E-state index contributed by atoms with van der Waals surface area (Å²) in [7, 11) is 1.45. The van der Waals surface area contributed by atoms with Crippen molar-refractivity contribution < 1.29 is 23.5 Å². The van der Waals surface area contributed by atoms with Gasteiger partial charge in [0.15, 0.2) is 6.10 Å². The van der Waals surface area contributed by atoms with Gasteiger partial charge in [0.25, 0.3) is 5.91 Å². The van der Waals surface area contributed by atoms with Gasteiger partial charge in [0.1, 0.15) is 10.7 Å². The summed E-state index contributed by atoms with van der Waals surface area (Å²) >= 11 is 1.09. The number of hydrogen-bond acceptors (Lipinski definition) is 5. The van der Waals surface area contributed by atoms with E-state index < -0.39 is 23.8 Å². The highest BCUT2D eigenvalue weighted by Gasteiger charge is 2.24. The van der Waals surface area contributed by atoms with E-state index in [1.165, 1.54) is 20.1 Å². The normalized spacial score (nSPS) is 12.3. The van der Waals surface area contributed by atoms with Crippen LogP contribution in [0.25, 0.3) is 10.1 Å². The third-order valence-electron chi connectivity index (χ3n) is 2.92. The number of fused-ring (bicyclic) bond motifs is 1. The topological polar surface area (TPSA) is 78.6 Å². The summed E-state index contributed by atoms with van der Waals surface area (Å²) in [6.07, 6.45) is -1.05. The predicted octanol–water partition coefficient (Wildman–Crippen LogP) is 2.22. The van der Waals surface area contributed by atoms with Gasteiger partial charge in [-0.1, -0.05) is 6.07 Å². The minimum Gasteiger partial charge on any atom is -0.448 e. The predicted molar refractivity (Wildman–Crippen MR) is 76.6 cm³/mol. The van der Waals surface area contributed by atoms with Crippen LogP contribution in [-0.2, 0) is 20.9 Å². The van der Waals surface area contributed by atoms with Crippen molar-refractivity contribution >= 4 is 33.3 Å². The molecule has 0 bridgehead atoms. The first kappa shape index (κ1) is 15.4. The Kier molecular flexibility index (Phi) is 4.54. The van der Waals surface area contributed by atoms with E-state index in [1.54, 1.807) is 12.1 Å². The number of benzene rings is 1. The molecule has 5 nitrogen and oxygen atoms in total. The van der Waals surface area contributed by atoms with Crippen LogP contribution in [0.2, 0.25) is 0 Å². The van der Waals surface area contributed by atoms with Gasteiger partial charge in [-0.3, -0.25) is 4.79 Å². The second-order valence-electron chi connectivity index (χ2n) is 4.41. The molecule has 1 amide bonds. The highest BCUT2D eigenvalue weighted by molar-refractivity contribution is 7.21. The molecule has 2 rings (SSSR count). The van der Waals surface area contributed by atoms with E-state index in [0.29, 0.717) is 15.6 Å². The highest BCUT2D eigenvalue weighted by atomic mass is 32.1. The van der Waals surface area contributed by atoms with E-state index in [2.05, 4.69) is 0 Å². The standard InChI is InChI=1S/C14H14FNO4S/c1-7(13(16)17)20-14(18)12-8(6-19-2)11-9(15)4-3-5-10(11)21-12/h3-5,7H,6H2,1-2H3,(H2,16,17)/t7-/m1/s1. The fraction of sp³-hybridized carbons (Fsp3) is 0.286. The van der Waals surface area contributed by atoms with Crippen molar-refractivity contribution in [3.63, 3.8) is 0 Å². The van der Waals surface area contributed by atoms with Crippen molar-refractivity contribution in [2.24, 2.45) is 5.73 Å². The number of ether oxygens (including phenoxy) is 2. The monoisotopic (exact) mass is 311 g/mol. The van der Waals surface area contributed by atoms with Crippen LogP contribution in [-0.4, -0.2) is 25.1 Å². The van der Waals surface area contributed by atoms with Crippen molar-refractivity contribution in [3.05, 3.63) is 34.5 Å². The number of thiophene rings is 1. The number of primary amides is 1. The van der Waals surface area contributed by atoms with Crippen molar-refractivity contribution in [1.82, 2.24) is 0 Å². The Morgan fingerprint density at radius 1 is 1.43 bits per heavy atom. The van der Waals surface area contributed by atoms with Crippen LogP contribution in [0.4, 0.5) is 4.39 Å². The minimum atomic E-state index is -1.05. The quantitative estimate of drug-likeness (QED) is 0.859. The lowest BCUT2D eigenvalue weighted by Crippen LogP contribution is -2.30. The highest BCUT2D eigenvalue weighted by Crippen LogP contribution is 2.34. The van der Waals surface area contributed by atoms with E-state index >= 15 is 0 Å². The Balaban J connectivity index is 2.48. The molecule has 112 valence electrons. The summed E-state index contributed by atoms with van der Waals surface area (Å²) in [5.41, 5.74) is 5.47. The third-order valence-corrected chi connectivity index (χ3v) is 4.10. The van der Waals surface area contributed by atoms with E-state index in [9.17, 15) is 14.0 Å². The Morgan fingerprint density at radius 3 is 2.76 bits per heavy atom. The zero-order chi connectivity index (χ0) is 15.6. The molecule has 0 spiro atoms. The fourth-order valence-corrected chi connectivity index (χ4v) is 2.99. The van der Waals surface area contributed by atoms with Crippen LogP contribution >= 0.6 is 11.3 Å². The summed E-state index contributed by atoms with van der Waals surface area (Å²) in [5, 5.41) is 0.336. The zero-order valence-electron chi connectivity index (χ0n) is 11.5. The lowest BCUT2D eigenvalue weighted by atomic mass is 10.1. The minimum absolute atomic E-state index is 0.0658. The van der Waals surface area contributed by atoms with Crippen molar-refractivity contribution in [3.8, 4) is 0 Å². The molecule has 1 heterocycles. The van der Waals surface area contributed by atoms with Crippen LogP contribution in [0.15, 0.2) is 18.2 Å². The zero-order valence-corrected chi connectivity index (χ0v) is 12.3. The first-order chi connectivity index (χ1) is 9.95. The summed E-state index contributed by atoms with van der Waals surface area (Å²) in [6, 6.07) is 4.58. The number of rotatable bonds is 5. The maximum Gasteiger partial charge on any atom is 0.349 e. The Bertz CT molecular complexity index is 698. The van der Waals surface area contributed by atoms with Crippen molar-refractivity contribution in [1.29, 1.82) is 0 Å². The lowest BCUT2D eigenvalue weighted by molar-refractivity contribution is -0.125. The van der Waals surface area contributed by atoms with E-state index in [1.807, 2.05) is 0 Å². The second-order valence-corrected chi connectivity index (χ2v) is 5.46. The summed E-state index contributed by atoms with van der Waals surface area (Å²) in [6.45, 7) is 1.44. The van der Waals surface area contributed by atoms with Gasteiger partial charge in [-0.05, 0) is 19.1 Å². The molecule has 7 heteroatoms. The van der Waals surface area contributed by atoms with Gasteiger partial charge in [-0.2, -0.15) is 0 Å². The number of hydrogen-bond donors (Lipinski definition) is 1. The number of nitrogens with two attached hydrogens (primary N) is 1. The molecule has 0 aliphatic carbocycles. The molecular weight excluding hydrogens is 297 g/mol. The van der Waals surface area contributed by atoms with Crippen molar-refractivity contribution in [2.75, 3.05) is 7.11 Å². The lowest BCUT2D eigenvalue weighted by Gasteiger charge is -2.09. The van der Waals surface area contributed by atoms with Gasteiger partial charge in [-0.15, -0.1) is 11.3 Å². The average Bonchev–Trinajstić information content (AvgIpc) is 2.79. The molecule has 1 atom stereocenters. The van der Waals surface area contributed by atoms with Crippen LogP contribution < -0.4 is 5.73 Å². The summed E-state index contributed by atoms with van der Waals surface area (Å²) in [4.78, 5) is 23.3. The molecule has 0 fully saturated rings. The second kappa shape index (κ2) is 6.19. The molecule has 0 aliphatic heterocycles. The smallest absolute Gasteiger partial charge is 0.349 e. The maximum absolute atomic E-state index is 14.0. The van der Waals surface area contributed by atoms with E-state index in [-0.39, 0.29) is 11.5 Å². The first-order valence-corrected chi connectivity index (χ1v) is 6.96. The van der Waals surface area contributed by atoms with Gasteiger partial charge >= 0.3 is 5.97 Å². The Hall–Kier alpha value is -1.99. The molecule has 2 aromatic rings. The molecular formula is C14H14FNO4S. The van der Waals surface area contributed by atoms with Crippen LogP contribution in [0.3, 0.4) is 0 Å². The molecule has 0 unspecified atom stereocenters. The SMILES string of the molecule is COCc1c(C(=O)O[C@H](C)C(N)=O)sc2cccc(F)c12. The van der Waals surface area contributed by atoms with Crippen LogP contribution in [0.5, 0.6) is 0 Å². The van der Waals surface area contributed by atoms with Gasteiger partial charge in [0, 0.05) is 22.8 Å². The number of carbonyl (C=O) groups excluding carboxylic acids is 2. The molecule has 2 N–H and O–H groups in total. The molecule has 0 saturated carbocycles. The molecule has 1 aromatic carbocycles. The van der Waals surface area contributed by atoms with E-state index in [0.717, 1.165) is 11.3 Å². The molecule has 1 aromatic heterocycles. The first-order valence-electron chi connectivity index (χ1n) is 6.14. The fourth-order valence-electron chi connectivity index (χ4n) is 1.89. The number of esters is 1. The number of amides is 1. The van der Waals surface area contributed by atoms with Gasteiger partial charge in [0.2, 0.25) is 0 Å². The number of carbonyl (C=O) groups is 2. The largest absolute Gasteiger partial charge is 0.448 e. The van der Waals surface area contributed by atoms with Gasteiger partial charge in [0.05, 0.1) is 6.61 Å². The molecule has 0 radical (unpaired) electrons. The van der Waals surface area contributed by atoms with Gasteiger partial charge in [-0.25, -0.2) is 9.18 Å². The number of methoxy groups -OCH3 is 1. The Labute approximate surface area is 124 Å². The van der Waals surface area contributed by atoms with E-state index in [4.69, 9.17) is 15.2 Å². The molecule has 0 saturated heterocycles. The van der Waals surface area contributed by atoms with Crippen molar-refractivity contribution in [2.45, 2.75) is 19.6 Å². The molecule has 21 heavy (non-hydrogen) atoms. The van der Waals surface area contributed by atoms with Gasteiger partial charge < -0.3 is 15.2 Å². The Morgan fingerprint density at radius 2 is 2.14 bits per heavy atom.